The van der Waals surface area contributed by atoms with Crippen molar-refractivity contribution in [1.82, 2.24) is 4.57 Å². The van der Waals surface area contributed by atoms with Crippen LogP contribution in [0.15, 0.2) is 75.7 Å². The maximum absolute atomic E-state index is 13.7. The fraction of sp³-hybridized carbons (Fsp3) is 0.276. The van der Waals surface area contributed by atoms with E-state index >= 15 is 0 Å². The Morgan fingerprint density at radius 2 is 1.92 bits per heavy atom. The Labute approximate surface area is 219 Å². The van der Waals surface area contributed by atoms with Gasteiger partial charge in [0.15, 0.2) is 16.3 Å². The molecule has 0 saturated carbocycles. The fourth-order valence-electron chi connectivity index (χ4n) is 4.14. The van der Waals surface area contributed by atoms with Crippen LogP contribution in [0.5, 0.6) is 11.5 Å². The van der Waals surface area contributed by atoms with Crippen LogP contribution in [0.4, 0.5) is 0 Å². The summed E-state index contributed by atoms with van der Waals surface area (Å²) in [5.41, 5.74) is 2.32. The van der Waals surface area contributed by atoms with Crippen molar-refractivity contribution in [3.63, 3.8) is 0 Å². The molecule has 0 unspecified atom stereocenters. The molecular weight excluding hydrogens is 488 g/mol. The summed E-state index contributed by atoms with van der Waals surface area (Å²) in [6.07, 6.45) is 5.51. The summed E-state index contributed by atoms with van der Waals surface area (Å²) in [7, 11) is 1.56. The van der Waals surface area contributed by atoms with Gasteiger partial charge >= 0.3 is 5.97 Å². The van der Waals surface area contributed by atoms with Crippen LogP contribution >= 0.6 is 11.3 Å². The minimum Gasteiger partial charge on any atom is -0.493 e. The Morgan fingerprint density at radius 1 is 1.16 bits per heavy atom. The largest absolute Gasteiger partial charge is 0.493 e. The number of allylic oxidation sites excluding steroid dienone is 2. The minimum atomic E-state index is -0.724. The normalized spacial score (nSPS) is 15.6. The van der Waals surface area contributed by atoms with Gasteiger partial charge in [-0.25, -0.2) is 9.79 Å². The minimum absolute atomic E-state index is 0.0430. The number of aromatic nitrogens is 1. The Balaban J connectivity index is 1.87. The highest BCUT2D eigenvalue weighted by molar-refractivity contribution is 7.07. The van der Waals surface area contributed by atoms with Gasteiger partial charge < -0.3 is 14.2 Å². The number of benzene rings is 2. The van der Waals surface area contributed by atoms with Crippen LogP contribution in [-0.2, 0) is 9.53 Å². The first-order valence-corrected chi connectivity index (χ1v) is 12.9. The monoisotopic (exact) mass is 518 g/mol. The van der Waals surface area contributed by atoms with Crippen LogP contribution in [0, 0.1) is 0 Å². The maximum atomic E-state index is 13.7. The predicted octanol–water partition coefficient (Wildman–Crippen LogP) is 4.26. The van der Waals surface area contributed by atoms with Crippen molar-refractivity contribution in [2.24, 2.45) is 4.99 Å². The van der Waals surface area contributed by atoms with E-state index in [9.17, 15) is 9.59 Å². The molecule has 0 aliphatic carbocycles. The van der Waals surface area contributed by atoms with Crippen molar-refractivity contribution < 1.29 is 19.0 Å². The molecule has 0 amide bonds. The lowest BCUT2D eigenvalue weighted by Crippen LogP contribution is -2.39. The molecule has 1 aromatic heterocycles. The van der Waals surface area contributed by atoms with Crippen molar-refractivity contribution in [2.75, 3.05) is 13.7 Å². The number of hydrogen-bond acceptors (Lipinski definition) is 7. The van der Waals surface area contributed by atoms with E-state index in [-0.39, 0.29) is 18.3 Å². The summed E-state index contributed by atoms with van der Waals surface area (Å²) in [5.74, 6) is 0.587. The van der Waals surface area contributed by atoms with Crippen molar-refractivity contribution in [3.8, 4) is 11.5 Å². The molecule has 7 nitrogen and oxygen atoms in total. The van der Waals surface area contributed by atoms with Crippen molar-refractivity contribution in [1.29, 1.82) is 0 Å². The van der Waals surface area contributed by atoms with Gasteiger partial charge in [0.25, 0.3) is 5.56 Å². The van der Waals surface area contributed by atoms with Crippen LogP contribution in [0.3, 0.4) is 0 Å². The van der Waals surface area contributed by atoms with E-state index < -0.39 is 12.0 Å². The second-order valence-corrected chi connectivity index (χ2v) is 9.68. The summed E-state index contributed by atoms with van der Waals surface area (Å²) in [6.45, 7) is 7.59. The molecule has 192 valence electrons. The van der Waals surface area contributed by atoms with Crippen molar-refractivity contribution in [3.05, 3.63) is 96.7 Å². The van der Waals surface area contributed by atoms with Gasteiger partial charge in [-0.2, -0.15) is 0 Å². The third-order valence-electron chi connectivity index (χ3n) is 5.72. The molecule has 4 rings (SSSR count). The molecule has 8 heteroatoms. The number of rotatable bonds is 8. The van der Waals surface area contributed by atoms with Gasteiger partial charge in [-0.15, -0.1) is 0 Å². The lowest BCUT2D eigenvalue weighted by Gasteiger charge is -2.25. The Bertz CT molecular complexity index is 1530. The molecule has 1 aliphatic rings. The van der Waals surface area contributed by atoms with Crippen molar-refractivity contribution >= 4 is 29.5 Å². The standard InChI is InChI=1S/C29H30N2O5S/c1-6-35-28(33)25-19(4)30-29-31(26(25)21-15-16-22(36-18(2)3)23(17-21)34-5)27(32)24(37-29)14-10-13-20-11-8-7-9-12-20/h7-18,26H,6H2,1-5H3/b13-10+,24-14-/t26-/m0/s1. The van der Waals surface area contributed by atoms with Crippen LogP contribution < -0.4 is 24.4 Å². The van der Waals surface area contributed by atoms with Gasteiger partial charge in [-0.1, -0.05) is 59.9 Å². The number of nitrogens with zero attached hydrogens (tertiary/aromatic N) is 2. The zero-order valence-electron chi connectivity index (χ0n) is 21.6. The molecule has 37 heavy (non-hydrogen) atoms. The van der Waals surface area contributed by atoms with E-state index in [1.807, 2.05) is 62.4 Å². The van der Waals surface area contributed by atoms with E-state index in [0.717, 1.165) is 5.56 Å². The first kappa shape index (κ1) is 26.2. The average molecular weight is 519 g/mol. The Morgan fingerprint density at radius 3 is 2.59 bits per heavy atom. The topological polar surface area (TPSA) is 79.1 Å². The molecule has 0 bridgehead atoms. The smallest absolute Gasteiger partial charge is 0.338 e. The van der Waals surface area contributed by atoms with E-state index in [1.165, 1.54) is 11.3 Å². The van der Waals surface area contributed by atoms with Gasteiger partial charge in [0.05, 0.1) is 41.7 Å². The highest BCUT2D eigenvalue weighted by Crippen LogP contribution is 2.36. The zero-order valence-corrected chi connectivity index (χ0v) is 22.4. The molecule has 2 aromatic carbocycles. The second kappa shape index (κ2) is 11.4. The summed E-state index contributed by atoms with van der Waals surface area (Å²) < 4.78 is 18.9. The molecule has 3 aromatic rings. The molecule has 0 fully saturated rings. The number of fused-ring (bicyclic) bond motifs is 1. The van der Waals surface area contributed by atoms with Crippen LogP contribution in [0.1, 0.15) is 44.9 Å². The first-order chi connectivity index (χ1) is 17.8. The van der Waals surface area contributed by atoms with Crippen LogP contribution in [0.25, 0.3) is 12.2 Å². The predicted molar refractivity (Wildman–Crippen MR) is 146 cm³/mol. The molecule has 2 heterocycles. The third kappa shape index (κ3) is 5.59. The number of thiazole rings is 1. The number of carbonyl (C=O) groups is 1. The van der Waals surface area contributed by atoms with E-state index in [0.29, 0.717) is 37.7 Å². The van der Waals surface area contributed by atoms with E-state index in [1.54, 1.807) is 43.7 Å². The highest BCUT2D eigenvalue weighted by atomic mass is 32.1. The second-order valence-electron chi connectivity index (χ2n) is 8.67. The van der Waals surface area contributed by atoms with Gasteiger partial charge in [0, 0.05) is 0 Å². The molecule has 0 saturated heterocycles. The zero-order chi connectivity index (χ0) is 26.5. The summed E-state index contributed by atoms with van der Waals surface area (Å²) in [6, 6.07) is 14.6. The molecule has 0 radical (unpaired) electrons. The van der Waals surface area contributed by atoms with E-state index in [2.05, 4.69) is 4.99 Å². The van der Waals surface area contributed by atoms with Crippen LogP contribution in [0.2, 0.25) is 0 Å². The van der Waals surface area contributed by atoms with Crippen LogP contribution in [-0.4, -0.2) is 30.4 Å². The Kier molecular flexibility index (Phi) is 8.08. The lowest BCUT2D eigenvalue weighted by atomic mass is 9.95. The average Bonchev–Trinajstić information content (AvgIpc) is 3.18. The fourth-order valence-corrected chi connectivity index (χ4v) is 5.14. The van der Waals surface area contributed by atoms with Gasteiger partial charge in [0.2, 0.25) is 0 Å². The number of esters is 1. The number of carbonyl (C=O) groups excluding carboxylic acids is 1. The van der Waals surface area contributed by atoms with Gasteiger partial charge in [0.1, 0.15) is 0 Å². The summed E-state index contributed by atoms with van der Waals surface area (Å²) >= 11 is 1.28. The summed E-state index contributed by atoms with van der Waals surface area (Å²) in [4.78, 5) is 31.9. The van der Waals surface area contributed by atoms with Gasteiger partial charge in [-0.3, -0.25) is 9.36 Å². The third-order valence-corrected chi connectivity index (χ3v) is 6.72. The maximum Gasteiger partial charge on any atom is 0.338 e. The molecule has 1 atom stereocenters. The SMILES string of the molecule is CCOC(=O)C1=C(C)N=c2s/c(=C\C=C\c3ccccc3)c(=O)n2[C@H]1c1ccc(OC(C)C)c(OC)c1. The number of ether oxygens (including phenoxy) is 3. The van der Waals surface area contributed by atoms with Crippen molar-refractivity contribution in [2.45, 2.75) is 39.8 Å². The molecule has 0 spiro atoms. The summed E-state index contributed by atoms with van der Waals surface area (Å²) in [5, 5.41) is 0. The quantitative estimate of drug-likeness (QED) is 0.417. The number of methoxy groups -OCH3 is 1. The lowest BCUT2D eigenvalue weighted by molar-refractivity contribution is -0.139. The number of hydrogen-bond donors (Lipinski definition) is 0. The molecule has 1 aliphatic heterocycles. The highest BCUT2D eigenvalue weighted by Gasteiger charge is 2.33. The Hall–Kier alpha value is -3.91. The molecular formula is C29H30N2O5S. The molecule has 0 N–H and O–H groups in total. The first-order valence-electron chi connectivity index (χ1n) is 12.1. The van der Waals surface area contributed by atoms with E-state index in [4.69, 9.17) is 14.2 Å². The van der Waals surface area contributed by atoms with Gasteiger partial charge in [-0.05, 0) is 57.0 Å².